The maximum absolute atomic E-state index is 5.50. The number of nitrogens with two attached hydrogens (primary N) is 1. The number of hydrazine groups is 1. The average molecular weight is 226 g/mol. The minimum atomic E-state index is 0.202. The molecule has 1 saturated carbocycles. The van der Waals surface area contributed by atoms with Crippen LogP contribution in [0, 0.1) is 5.41 Å². The highest BCUT2D eigenvalue weighted by atomic mass is 15.3. The third-order valence-electron chi connectivity index (χ3n) is 3.43. The van der Waals surface area contributed by atoms with E-state index in [-0.39, 0.29) is 5.41 Å². The van der Waals surface area contributed by atoms with Crippen LogP contribution >= 0.6 is 0 Å². The van der Waals surface area contributed by atoms with Gasteiger partial charge in [0.25, 0.3) is 0 Å². The van der Waals surface area contributed by atoms with Crippen molar-refractivity contribution in [3.8, 4) is 0 Å². The summed E-state index contributed by atoms with van der Waals surface area (Å²) in [6, 6.07) is 0.787. The Bertz CT molecular complexity index is 236. The first-order valence-electron chi connectivity index (χ1n) is 6.24. The second-order valence-electron chi connectivity index (χ2n) is 5.79. The lowest BCUT2D eigenvalue weighted by molar-refractivity contribution is 0.313. The highest BCUT2D eigenvalue weighted by Gasteiger charge is 2.21. The van der Waals surface area contributed by atoms with Gasteiger partial charge >= 0.3 is 0 Å². The first kappa shape index (κ1) is 13.3. The molecule has 0 heterocycles. The molecule has 94 valence electrons. The summed E-state index contributed by atoms with van der Waals surface area (Å²) in [4.78, 5) is 4.62. The Morgan fingerprint density at radius 3 is 2.31 bits per heavy atom. The van der Waals surface area contributed by atoms with Crippen molar-refractivity contribution in [1.82, 2.24) is 10.7 Å². The van der Waals surface area contributed by atoms with Gasteiger partial charge in [0.05, 0.1) is 6.04 Å². The summed E-state index contributed by atoms with van der Waals surface area (Å²) >= 11 is 0. The molecule has 1 atom stereocenters. The standard InChI is InChI=1S/C12H26N4/c1-9(12(2,3)4)14-11(16-13)15-10-7-5-6-8-10/h9-10H,5-8,13H2,1-4H3,(H2,14,15,16). The average Bonchev–Trinajstić information content (AvgIpc) is 2.67. The number of hydrogen-bond acceptors (Lipinski definition) is 2. The third kappa shape index (κ3) is 4.00. The van der Waals surface area contributed by atoms with E-state index in [2.05, 4.69) is 43.4 Å². The molecular weight excluding hydrogens is 200 g/mol. The first-order valence-corrected chi connectivity index (χ1v) is 6.24. The summed E-state index contributed by atoms with van der Waals surface area (Å²) in [5, 5.41) is 3.35. The molecule has 0 aromatic heterocycles. The lowest BCUT2D eigenvalue weighted by Crippen LogP contribution is -2.50. The maximum atomic E-state index is 5.50. The fraction of sp³-hybridized carbons (Fsp3) is 0.917. The van der Waals surface area contributed by atoms with Gasteiger partial charge in [-0.3, -0.25) is 5.43 Å². The molecule has 4 heteroatoms. The number of nitrogens with zero attached hydrogens (tertiary/aromatic N) is 1. The Balaban J connectivity index is 2.53. The van der Waals surface area contributed by atoms with E-state index in [1.807, 2.05) is 0 Å². The summed E-state index contributed by atoms with van der Waals surface area (Å²) in [6.45, 7) is 8.76. The molecule has 0 amide bonds. The molecule has 1 aliphatic carbocycles. The number of guanidine groups is 1. The molecule has 1 unspecified atom stereocenters. The van der Waals surface area contributed by atoms with Crippen LogP contribution in [0.1, 0.15) is 53.4 Å². The van der Waals surface area contributed by atoms with E-state index < -0.39 is 0 Å². The highest BCUT2D eigenvalue weighted by molar-refractivity contribution is 5.79. The van der Waals surface area contributed by atoms with Gasteiger partial charge in [0.15, 0.2) is 0 Å². The first-order chi connectivity index (χ1) is 7.43. The van der Waals surface area contributed by atoms with Crippen molar-refractivity contribution in [2.75, 3.05) is 0 Å². The van der Waals surface area contributed by atoms with E-state index in [0.29, 0.717) is 12.1 Å². The van der Waals surface area contributed by atoms with Crippen molar-refractivity contribution < 1.29 is 0 Å². The summed E-state index contributed by atoms with van der Waals surface area (Å²) in [5.41, 5.74) is 2.87. The molecule has 0 radical (unpaired) electrons. The second-order valence-corrected chi connectivity index (χ2v) is 5.79. The molecule has 0 aromatic carbocycles. The summed E-state index contributed by atoms with van der Waals surface area (Å²) in [5.74, 6) is 6.23. The molecule has 0 saturated heterocycles. The van der Waals surface area contributed by atoms with E-state index >= 15 is 0 Å². The Morgan fingerprint density at radius 2 is 1.88 bits per heavy atom. The van der Waals surface area contributed by atoms with Gasteiger partial charge in [0.2, 0.25) is 5.96 Å². The Hall–Kier alpha value is -0.770. The molecular formula is C12H26N4. The highest BCUT2D eigenvalue weighted by Crippen LogP contribution is 2.21. The van der Waals surface area contributed by atoms with Gasteiger partial charge in [0.1, 0.15) is 0 Å². The fourth-order valence-corrected chi connectivity index (χ4v) is 1.75. The number of hydrogen-bond donors (Lipinski definition) is 3. The Morgan fingerprint density at radius 1 is 1.31 bits per heavy atom. The van der Waals surface area contributed by atoms with Crippen LogP contribution in [0.4, 0.5) is 0 Å². The molecule has 16 heavy (non-hydrogen) atoms. The molecule has 4 N–H and O–H groups in total. The van der Waals surface area contributed by atoms with Crippen LogP contribution in [-0.4, -0.2) is 18.0 Å². The summed E-state index contributed by atoms with van der Waals surface area (Å²) in [6.07, 6.45) is 4.97. The van der Waals surface area contributed by atoms with Gasteiger partial charge in [-0.25, -0.2) is 10.8 Å². The minimum Gasteiger partial charge on any atom is -0.352 e. The molecule has 0 aromatic rings. The van der Waals surface area contributed by atoms with Gasteiger partial charge in [0, 0.05) is 6.04 Å². The smallest absolute Gasteiger partial charge is 0.206 e. The van der Waals surface area contributed by atoms with Crippen LogP contribution in [-0.2, 0) is 0 Å². The predicted octanol–water partition coefficient (Wildman–Crippen LogP) is 1.77. The van der Waals surface area contributed by atoms with Gasteiger partial charge in [-0.2, -0.15) is 0 Å². The lowest BCUT2D eigenvalue weighted by Gasteiger charge is -2.29. The van der Waals surface area contributed by atoms with Crippen LogP contribution in [0.25, 0.3) is 0 Å². The van der Waals surface area contributed by atoms with E-state index in [1.54, 1.807) is 0 Å². The molecule has 0 aliphatic heterocycles. The third-order valence-corrected chi connectivity index (χ3v) is 3.43. The van der Waals surface area contributed by atoms with Crippen molar-refractivity contribution in [1.29, 1.82) is 0 Å². The van der Waals surface area contributed by atoms with E-state index in [9.17, 15) is 0 Å². The zero-order chi connectivity index (χ0) is 12.2. The van der Waals surface area contributed by atoms with Crippen LogP contribution in [0.5, 0.6) is 0 Å². The second kappa shape index (κ2) is 5.53. The zero-order valence-electron chi connectivity index (χ0n) is 11.0. The summed E-state index contributed by atoms with van der Waals surface area (Å²) < 4.78 is 0. The monoisotopic (exact) mass is 226 g/mol. The molecule has 4 nitrogen and oxygen atoms in total. The Kier molecular flexibility index (Phi) is 4.59. The van der Waals surface area contributed by atoms with Crippen LogP contribution in [0.2, 0.25) is 0 Å². The Labute approximate surface area is 99.1 Å². The largest absolute Gasteiger partial charge is 0.352 e. The summed E-state index contributed by atoms with van der Waals surface area (Å²) in [7, 11) is 0. The van der Waals surface area contributed by atoms with Gasteiger partial charge < -0.3 is 5.32 Å². The molecule has 0 bridgehead atoms. The van der Waals surface area contributed by atoms with E-state index in [4.69, 9.17) is 5.84 Å². The normalized spacial score (nSPS) is 20.9. The predicted molar refractivity (Wildman–Crippen MR) is 69.1 cm³/mol. The molecule has 1 fully saturated rings. The van der Waals surface area contributed by atoms with Crippen LogP contribution < -0.4 is 16.6 Å². The van der Waals surface area contributed by atoms with E-state index in [0.717, 1.165) is 5.96 Å². The van der Waals surface area contributed by atoms with Crippen molar-refractivity contribution in [2.24, 2.45) is 16.3 Å². The van der Waals surface area contributed by atoms with Crippen molar-refractivity contribution in [2.45, 2.75) is 65.5 Å². The van der Waals surface area contributed by atoms with E-state index in [1.165, 1.54) is 25.7 Å². The van der Waals surface area contributed by atoms with Crippen molar-refractivity contribution >= 4 is 5.96 Å². The van der Waals surface area contributed by atoms with Gasteiger partial charge in [-0.15, -0.1) is 0 Å². The van der Waals surface area contributed by atoms with Crippen LogP contribution in [0.15, 0.2) is 4.99 Å². The van der Waals surface area contributed by atoms with Crippen molar-refractivity contribution in [3.63, 3.8) is 0 Å². The molecule has 1 rings (SSSR count). The maximum Gasteiger partial charge on any atom is 0.206 e. The molecule has 0 spiro atoms. The fourth-order valence-electron chi connectivity index (χ4n) is 1.75. The van der Waals surface area contributed by atoms with Gasteiger partial charge in [-0.05, 0) is 25.2 Å². The topological polar surface area (TPSA) is 62.4 Å². The number of rotatable bonds is 2. The lowest BCUT2D eigenvalue weighted by atomic mass is 9.88. The zero-order valence-corrected chi connectivity index (χ0v) is 11.0. The van der Waals surface area contributed by atoms with Gasteiger partial charge in [-0.1, -0.05) is 33.6 Å². The SMILES string of the molecule is CC(NC(=NC1CCCC1)NN)C(C)(C)C. The number of aliphatic imine (C=N–C) groups is 1. The van der Waals surface area contributed by atoms with Crippen LogP contribution in [0.3, 0.4) is 0 Å². The minimum absolute atomic E-state index is 0.202. The number of nitrogens with one attached hydrogen (secondary N) is 2. The quantitative estimate of drug-likeness (QED) is 0.291. The molecule has 1 aliphatic rings. The van der Waals surface area contributed by atoms with Crippen molar-refractivity contribution in [3.05, 3.63) is 0 Å².